The smallest absolute Gasteiger partial charge is 0.227 e. The molecule has 23 heavy (non-hydrogen) atoms. The molecule has 0 atom stereocenters. The number of nitrogens with zero attached hydrogens (tertiary/aromatic N) is 3. The van der Waals surface area contributed by atoms with Gasteiger partial charge in [-0.15, -0.1) is 0 Å². The number of aromatic nitrogens is 2. The molecule has 0 aliphatic carbocycles. The number of anilines is 1. The molecule has 1 aromatic heterocycles. The average Bonchev–Trinajstić information content (AvgIpc) is 2.63. The van der Waals surface area contributed by atoms with Crippen LogP contribution in [0.1, 0.15) is 0 Å². The fourth-order valence-electron chi connectivity index (χ4n) is 2.72. The van der Waals surface area contributed by atoms with Crippen LogP contribution in [0, 0.1) is 0 Å². The Hall–Kier alpha value is -2.11. The van der Waals surface area contributed by atoms with Crippen LogP contribution in [0.15, 0.2) is 64.5 Å². The Morgan fingerprint density at radius 2 is 1.61 bits per heavy atom. The molecule has 0 saturated carbocycles. The lowest BCUT2D eigenvalue weighted by Gasteiger charge is -2.27. The van der Waals surface area contributed by atoms with Crippen molar-refractivity contribution < 1.29 is 0 Å². The quantitative estimate of drug-likeness (QED) is 0.750. The Bertz CT molecular complexity index is 800. The van der Waals surface area contributed by atoms with Crippen LogP contribution in [0.5, 0.6) is 0 Å². The highest BCUT2D eigenvalue weighted by atomic mass is 32.2. The van der Waals surface area contributed by atoms with Gasteiger partial charge < -0.3 is 10.2 Å². The van der Waals surface area contributed by atoms with Crippen molar-refractivity contribution in [3.8, 4) is 0 Å². The third-order valence-electron chi connectivity index (χ3n) is 3.91. The van der Waals surface area contributed by atoms with E-state index in [9.17, 15) is 0 Å². The van der Waals surface area contributed by atoms with Gasteiger partial charge >= 0.3 is 0 Å². The Labute approximate surface area is 139 Å². The first kappa shape index (κ1) is 14.5. The van der Waals surface area contributed by atoms with Crippen molar-refractivity contribution in [1.82, 2.24) is 15.3 Å². The van der Waals surface area contributed by atoms with Crippen molar-refractivity contribution in [2.75, 3.05) is 31.1 Å². The van der Waals surface area contributed by atoms with E-state index >= 15 is 0 Å². The van der Waals surface area contributed by atoms with E-state index in [-0.39, 0.29) is 0 Å². The maximum absolute atomic E-state index is 4.87. The number of fused-ring (bicyclic) bond motifs is 1. The third kappa shape index (κ3) is 3.16. The van der Waals surface area contributed by atoms with E-state index in [0.29, 0.717) is 0 Å². The average molecular weight is 322 g/mol. The van der Waals surface area contributed by atoms with Crippen molar-refractivity contribution in [3.05, 3.63) is 54.6 Å². The van der Waals surface area contributed by atoms with Gasteiger partial charge in [-0.3, -0.25) is 0 Å². The maximum atomic E-state index is 4.87. The fourth-order valence-corrected chi connectivity index (χ4v) is 3.65. The summed E-state index contributed by atoms with van der Waals surface area (Å²) in [6, 6.07) is 18.6. The molecule has 1 aliphatic rings. The first-order chi connectivity index (χ1) is 11.4. The summed E-state index contributed by atoms with van der Waals surface area (Å²) in [5.41, 5.74) is 1.01. The van der Waals surface area contributed by atoms with Crippen molar-refractivity contribution in [2.45, 2.75) is 9.92 Å². The number of hydrogen-bond donors (Lipinski definition) is 1. The largest absolute Gasteiger partial charge is 0.338 e. The van der Waals surface area contributed by atoms with E-state index in [0.717, 1.165) is 48.1 Å². The monoisotopic (exact) mass is 322 g/mol. The van der Waals surface area contributed by atoms with Gasteiger partial charge in [-0.25, -0.2) is 9.97 Å². The highest BCUT2D eigenvalue weighted by molar-refractivity contribution is 7.99. The van der Waals surface area contributed by atoms with Gasteiger partial charge in [0.15, 0.2) is 0 Å². The Morgan fingerprint density at radius 3 is 2.43 bits per heavy atom. The first-order valence-corrected chi connectivity index (χ1v) is 8.67. The van der Waals surface area contributed by atoms with Crippen LogP contribution in [-0.2, 0) is 0 Å². The molecule has 0 spiro atoms. The molecule has 4 nitrogen and oxygen atoms in total. The molecule has 2 heterocycles. The molecule has 0 bridgehead atoms. The van der Waals surface area contributed by atoms with Gasteiger partial charge in [0.1, 0.15) is 5.03 Å². The summed E-state index contributed by atoms with van der Waals surface area (Å²) in [5, 5.41) is 5.51. The van der Waals surface area contributed by atoms with Gasteiger partial charge in [0, 0.05) is 36.5 Å². The van der Waals surface area contributed by atoms with Gasteiger partial charge in [-0.1, -0.05) is 48.2 Å². The van der Waals surface area contributed by atoms with E-state index in [2.05, 4.69) is 46.6 Å². The molecule has 0 amide bonds. The molecule has 116 valence electrons. The second-order valence-corrected chi connectivity index (χ2v) is 6.56. The Morgan fingerprint density at radius 1 is 0.870 bits per heavy atom. The summed E-state index contributed by atoms with van der Waals surface area (Å²) in [4.78, 5) is 13.1. The van der Waals surface area contributed by atoms with Crippen molar-refractivity contribution in [2.24, 2.45) is 0 Å². The summed E-state index contributed by atoms with van der Waals surface area (Å²) in [7, 11) is 0. The molecule has 1 saturated heterocycles. The van der Waals surface area contributed by atoms with E-state index in [1.54, 1.807) is 11.8 Å². The number of hydrogen-bond acceptors (Lipinski definition) is 5. The van der Waals surface area contributed by atoms with Crippen LogP contribution in [0.3, 0.4) is 0 Å². The number of nitrogens with one attached hydrogen (secondary N) is 1. The highest BCUT2D eigenvalue weighted by Gasteiger charge is 2.16. The van der Waals surface area contributed by atoms with E-state index in [1.807, 2.05) is 18.2 Å². The minimum atomic E-state index is 0.837. The van der Waals surface area contributed by atoms with Crippen LogP contribution in [0.25, 0.3) is 10.9 Å². The van der Waals surface area contributed by atoms with Gasteiger partial charge in [0.2, 0.25) is 5.95 Å². The number of rotatable bonds is 3. The minimum Gasteiger partial charge on any atom is -0.338 e. The number of para-hydroxylation sites is 1. The summed E-state index contributed by atoms with van der Waals surface area (Å²) >= 11 is 1.70. The van der Waals surface area contributed by atoms with Crippen LogP contribution in [0.4, 0.5) is 5.95 Å². The summed E-state index contributed by atoms with van der Waals surface area (Å²) in [5.74, 6) is 0.837. The second-order valence-electron chi connectivity index (χ2n) is 5.50. The Balaban J connectivity index is 1.77. The van der Waals surface area contributed by atoms with Gasteiger partial charge in [0.05, 0.1) is 5.52 Å². The predicted molar refractivity (Wildman–Crippen MR) is 95.2 cm³/mol. The topological polar surface area (TPSA) is 41.1 Å². The van der Waals surface area contributed by atoms with Crippen LogP contribution in [-0.4, -0.2) is 36.1 Å². The molecule has 1 fully saturated rings. The van der Waals surface area contributed by atoms with Crippen molar-refractivity contribution in [3.63, 3.8) is 0 Å². The molecule has 3 aromatic rings. The number of benzene rings is 2. The first-order valence-electron chi connectivity index (χ1n) is 7.85. The lowest BCUT2D eigenvalue weighted by Crippen LogP contribution is -2.44. The van der Waals surface area contributed by atoms with Crippen LogP contribution < -0.4 is 10.2 Å². The zero-order chi connectivity index (χ0) is 15.5. The lowest BCUT2D eigenvalue weighted by molar-refractivity contribution is 0.579. The molecule has 1 aliphatic heterocycles. The molecule has 1 N–H and O–H groups in total. The van der Waals surface area contributed by atoms with Gasteiger partial charge in [-0.05, 0) is 18.2 Å². The molecular formula is C18H18N4S. The Kier molecular flexibility index (Phi) is 4.13. The van der Waals surface area contributed by atoms with Crippen molar-refractivity contribution in [1.29, 1.82) is 0 Å². The SMILES string of the molecule is c1ccc(Sc2nc(N3CCNCC3)nc3ccccc23)cc1. The summed E-state index contributed by atoms with van der Waals surface area (Å²) < 4.78 is 0. The highest BCUT2D eigenvalue weighted by Crippen LogP contribution is 2.32. The van der Waals surface area contributed by atoms with Crippen LogP contribution >= 0.6 is 11.8 Å². The van der Waals surface area contributed by atoms with Crippen molar-refractivity contribution >= 4 is 28.6 Å². The third-order valence-corrected chi connectivity index (χ3v) is 4.93. The van der Waals surface area contributed by atoms with E-state index in [4.69, 9.17) is 9.97 Å². The zero-order valence-corrected chi connectivity index (χ0v) is 13.6. The summed E-state index contributed by atoms with van der Waals surface area (Å²) in [6.45, 7) is 3.87. The minimum absolute atomic E-state index is 0.837. The molecule has 5 heteroatoms. The van der Waals surface area contributed by atoms with E-state index < -0.39 is 0 Å². The van der Waals surface area contributed by atoms with E-state index in [1.165, 1.54) is 4.90 Å². The normalized spacial score (nSPS) is 15.0. The zero-order valence-electron chi connectivity index (χ0n) is 12.8. The predicted octanol–water partition coefficient (Wildman–Crippen LogP) is 3.19. The maximum Gasteiger partial charge on any atom is 0.227 e. The second kappa shape index (κ2) is 6.56. The lowest BCUT2D eigenvalue weighted by atomic mass is 10.2. The molecule has 0 unspecified atom stereocenters. The fraction of sp³-hybridized carbons (Fsp3) is 0.222. The molecule has 4 rings (SSSR count). The van der Waals surface area contributed by atoms with Crippen LogP contribution in [0.2, 0.25) is 0 Å². The molecule has 2 aromatic carbocycles. The van der Waals surface area contributed by atoms with Gasteiger partial charge in [0.25, 0.3) is 0 Å². The number of piperazine rings is 1. The van der Waals surface area contributed by atoms with Gasteiger partial charge in [-0.2, -0.15) is 0 Å². The standard InChI is InChI=1S/C18H18N4S/c1-2-6-14(7-3-1)23-17-15-8-4-5-9-16(15)20-18(21-17)22-12-10-19-11-13-22/h1-9,19H,10-13H2. The molecular weight excluding hydrogens is 304 g/mol. The molecule has 0 radical (unpaired) electrons. The summed E-state index contributed by atoms with van der Waals surface area (Å²) in [6.07, 6.45) is 0.